The SMILES string of the molecule is Cc1ccc(C(=O)Nc2nc(Cl)c3cn(C)nc3n2)cc1. The largest absolute Gasteiger partial charge is 0.290 e. The minimum absolute atomic E-state index is 0.136. The minimum atomic E-state index is -0.290. The van der Waals surface area contributed by atoms with E-state index >= 15 is 0 Å². The van der Waals surface area contributed by atoms with Crippen molar-refractivity contribution in [3.63, 3.8) is 0 Å². The van der Waals surface area contributed by atoms with Crippen molar-refractivity contribution < 1.29 is 4.79 Å². The van der Waals surface area contributed by atoms with E-state index in [0.717, 1.165) is 5.56 Å². The summed E-state index contributed by atoms with van der Waals surface area (Å²) in [6.45, 7) is 1.96. The van der Waals surface area contributed by atoms with Crippen LogP contribution in [0.15, 0.2) is 30.5 Å². The Hall–Kier alpha value is -2.47. The molecule has 0 aliphatic heterocycles. The lowest BCUT2D eigenvalue weighted by molar-refractivity contribution is 0.102. The molecule has 1 aromatic carbocycles. The van der Waals surface area contributed by atoms with Crippen molar-refractivity contribution in [3.05, 3.63) is 46.7 Å². The van der Waals surface area contributed by atoms with Crippen LogP contribution in [0.3, 0.4) is 0 Å². The molecule has 2 heterocycles. The van der Waals surface area contributed by atoms with E-state index in [1.165, 1.54) is 0 Å². The van der Waals surface area contributed by atoms with Crippen LogP contribution in [0.1, 0.15) is 15.9 Å². The van der Waals surface area contributed by atoms with Gasteiger partial charge in [-0.1, -0.05) is 29.3 Å². The van der Waals surface area contributed by atoms with Gasteiger partial charge in [0.1, 0.15) is 5.15 Å². The Morgan fingerprint density at radius 2 is 1.95 bits per heavy atom. The van der Waals surface area contributed by atoms with Gasteiger partial charge in [-0.25, -0.2) is 0 Å². The van der Waals surface area contributed by atoms with Gasteiger partial charge in [0, 0.05) is 18.8 Å². The normalized spacial score (nSPS) is 10.8. The molecule has 0 spiro atoms. The van der Waals surface area contributed by atoms with E-state index in [4.69, 9.17) is 11.6 Å². The van der Waals surface area contributed by atoms with Crippen LogP contribution in [0.4, 0.5) is 5.95 Å². The van der Waals surface area contributed by atoms with Gasteiger partial charge < -0.3 is 0 Å². The summed E-state index contributed by atoms with van der Waals surface area (Å²) in [6.07, 6.45) is 1.73. The Labute approximate surface area is 125 Å². The maximum atomic E-state index is 12.1. The highest BCUT2D eigenvalue weighted by molar-refractivity contribution is 6.34. The summed E-state index contributed by atoms with van der Waals surface area (Å²) in [5, 5.41) is 7.68. The zero-order valence-corrected chi connectivity index (χ0v) is 12.2. The van der Waals surface area contributed by atoms with E-state index in [1.54, 1.807) is 30.1 Å². The quantitative estimate of drug-likeness (QED) is 0.738. The average Bonchev–Trinajstić information content (AvgIpc) is 2.80. The van der Waals surface area contributed by atoms with Gasteiger partial charge in [0.15, 0.2) is 5.65 Å². The molecule has 0 unspecified atom stereocenters. The van der Waals surface area contributed by atoms with Crippen molar-refractivity contribution >= 4 is 34.5 Å². The molecule has 21 heavy (non-hydrogen) atoms. The third-order valence-electron chi connectivity index (χ3n) is 2.99. The second kappa shape index (κ2) is 5.14. The number of anilines is 1. The number of halogens is 1. The summed E-state index contributed by atoms with van der Waals surface area (Å²) in [6, 6.07) is 7.21. The third-order valence-corrected chi connectivity index (χ3v) is 3.27. The molecular weight excluding hydrogens is 290 g/mol. The monoisotopic (exact) mass is 301 g/mol. The molecule has 0 bridgehead atoms. The molecule has 7 heteroatoms. The highest BCUT2D eigenvalue weighted by atomic mass is 35.5. The first-order chi connectivity index (χ1) is 10.0. The molecule has 3 aromatic rings. The summed E-state index contributed by atoms with van der Waals surface area (Å²) >= 11 is 6.07. The van der Waals surface area contributed by atoms with Crippen LogP contribution >= 0.6 is 11.6 Å². The second-order valence-electron chi connectivity index (χ2n) is 4.70. The van der Waals surface area contributed by atoms with Gasteiger partial charge >= 0.3 is 0 Å². The molecule has 3 rings (SSSR count). The first-order valence-electron chi connectivity index (χ1n) is 6.28. The molecular formula is C14H12ClN5O. The number of rotatable bonds is 2. The number of hydrogen-bond acceptors (Lipinski definition) is 4. The number of amides is 1. The maximum Gasteiger partial charge on any atom is 0.258 e. The van der Waals surface area contributed by atoms with Crippen molar-refractivity contribution in [1.29, 1.82) is 0 Å². The number of nitrogens with zero attached hydrogens (tertiary/aromatic N) is 4. The molecule has 2 aromatic heterocycles. The highest BCUT2D eigenvalue weighted by Crippen LogP contribution is 2.20. The summed E-state index contributed by atoms with van der Waals surface area (Å²) in [7, 11) is 1.77. The number of hydrogen-bond donors (Lipinski definition) is 1. The number of aryl methyl sites for hydroxylation is 2. The van der Waals surface area contributed by atoms with E-state index in [-0.39, 0.29) is 17.0 Å². The Morgan fingerprint density at radius 3 is 2.67 bits per heavy atom. The molecule has 6 nitrogen and oxygen atoms in total. The number of carbonyl (C=O) groups excluding carboxylic acids is 1. The van der Waals surface area contributed by atoms with Gasteiger partial charge in [0.25, 0.3) is 5.91 Å². The van der Waals surface area contributed by atoms with Crippen LogP contribution in [0.5, 0.6) is 0 Å². The van der Waals surface area contributed by atoms with E-state index in [2.05, 4.69) is 20.4 Å². The lowest BCUT2D eigenvalue weighted by atomic mass is 10.1. The van der Waals surface area contributed by atoms with Gasteiger partial charge in [0.2, 0.25) is 5.95 Å². The number of benzene rings is 1. The molecule has 0 fully saturated rings. The van der Waals surface area contributed by atoms with Crippen molar-refractivity contribution in [2.45, 2.75) is 6.92 Å². The average molecular weight is 302 g/mol. The molecule has 0 atom stereocenters. The maximum absolute atomic E-state index is 12.1. The van der Waals surface area contributed by atoms with E-state index in [9.17, 15) is 4.79 Å². The molecule has 106 valence electrons. The van der Waals surface area contributed by atoms with Crippen molar-refractivity contribution in [3.8, 4) is 0 Å². The number of nitrogens with one attached hydrogen (secondary N) is 1. The second-order valence-corrected chi connectivity index (χ2v) is 5.06. The fourth-order valence-electron chi connectivity index (χ4n) is 1.92. The highest BCUT2D eigenvalue weighted by Gasteiger charge is 2.12. The molecule has 0 aliphatic carbocycles. The van der Waals surface area contributed by atoms with Crippen LogP contribution in [0.2, 0.25) is 5.15 Å². The van der Waals surface area contributed by atoms with Gasteiger partial charge in [0.05, 0.1) is 5.39 Å². The summed E-state index contributed by atoms with van der Waals surface area (Å²) < 4.78 is 1.59. The predicted molar refractivity (Wildman–Crippen MR) is 80.4 cm³/mol. The molecule has 0 radical (unpaired) electrons. The Morgan fingerprint density at radius 1 is 1.24 bits per heavy atom. The third kappa shape index (κ3) is 2.71. The fourth-order valence-corrected chi connectivity index (χ4v) is 2.13. The van der Waals surface area contributed by atoms with Crippen molar-refractivity contribution in [2.24, 2.45) is 7.05 Å². The van der Waals surface area contributed by atoms with Gasteiger partial charge in [-0.15, -0.1) is 0 Å². The lowest BCUT2D eigenvalue weighted by Gasteiger charge is -2.04. The Balaban J connectivity index is 1.90. The Kier molecular flexibility index (Phi) is 3.31. The lowest BCUT2D eigenvalue weighted by Crippen LogP contribution is -2.14. The number of carbonyl (C=O) groups is 1. The first-order valence-corrected chi connectivity index (χ1v) is 6.65. The zero-order chi connectivity index (χ0) is 15.0. The van der Waals surface area contributed by atoms with Gasteiger partial charge in [-0.3, -0.25) is 14.8 Å². The topological polar surface area (TPSA) is 72.7 Å². The van der Waals surface area contributed by atoms with Gasteiger partial charge in [-0.2, -0.15) is 15.1 Å². The summed E-state index contributed by atoms with van der Waals surface area (Å²) in [5.74, 6) is -0.155. The van der Waals surface area contributed by atoms with Crippen LogP contribution in [-0.4, -0.2) is 25.7 Å². The smallest absolute Gasteiger partial charge is 0.258 e. The van der Waals surface area contributed by atoms with E-state index in [0.29, 0.717) is 16.6 Å². The number of fused-ring (bicyclic) bond motifs is 1. The first kappa shape index (κ1) is 13.5. The van der Waals surface area contributed by atoms with Gasteiger partial charge in [-0.05, 0) is 19.1 Å². The minimum Gasteiger partial charge on any atom is -0.290 e. The Bertz CT molecular complexity index is 825. The molecule has 1 N–H and O–H groups in total. The summed E-state index contributed by atoms with van der Waals surface area (Å²) in [5.41, 5.74) is 2.05. The molecule has 0 saturated carbocycles. The van der Waals surface area contributed by atoms with Crippen LogP contribution in [-0.2, 0) is 7.05 Å². The van der Waals surface area contributed by atoms with E-state index < -0.39 is 0 Å². The van der Waals surface area contributed by atoms with E-state index in [1.807, 2.05) is 19.1 Å². The van der Waals surface area contributed by atoms with Crippen molar-refractivity contribution in [2.75, 3.05) is 5.32 Å². The van der Waals surface area contributed by atoms with Crippen LogP contribution < -0.4 is 5.32 Å². The van der Waals surface area contributed by atoms with Crippen LogP contribution in [0, 0.1) is 6.92 Å². The molecule has 0 saturated heterocycles. The molecule has 0 aliphatic rings. The van der Waals surface area contributed by atoms with Crippen molar-refractivity contribution in [1.82, 2.24) is 19.7 Å². The summed E-state index contributed by atoms with van der Waals surface area (Å²) in [4.78, 5) is 20.4. The molecule has 1 amide bonds. The zero-order valence-electron chi connectivity index (χ0n) is 11.5. The fraction of sp³-hybridized carbons (Fsp3) is 0.143. The standard InChI is InChI=1S/C14H12ClN5O/c1-8-3-5-9(6-4-8)13(21)18-14-16-11(15)10-7-20(2)19-12(10)17-14/h3-7H,1-2H3,(H,17,18,19,21). The number of aromatic nitrogens is 4. The van der Waals surface area contributed by atoms with Crippen LogP contribution in [0.25, 0.3) is 11.0 Å². The predicted octanol–water partition coefficient (Wildman–Crippen LogP) is 2.58.